The standard InChI is InChI=1S/C27H38N4O6S/c1-16-13-17(2)23(19(4)18(16)3)38(34,35)30-24(28)21-12-10-11-20(14-21)15-22(25(32)31(8)36-9)29-26(33)37-27(5,6)7/h10-14,22H,15H2,1-9H3,(H2,28,30)(H,29,33). The molecular weight excluding hydrogens is 508 g/mol. The lowest BCUT2D eigenvalue weighted by Gasteiger charge is -2.25. The van der Waals surface area contributed by atoms with Crippen LogP contribution in [0.25, 0.3) is 0 Å². The Labute approximate surface area is 225 Å². The van der Waals surface area contributed by atoms with E-state index in [9.17, 15) is 18.0 Å². The number of hydrogen-bond acceptors (Lipinski definition) is 6. The van der Waals surface area contributed by atoms with Crippen LogP contribution in [0.1, 0.15) is 54.2 Å². The van der Waals surface area contributed by atoms with Crippen molar-refractivity contribution in [2.24, 2.45) is 10.1 Å². The third-order valence-electron chi connectivity index (χ3n) is 6.00. The van der Waals surface area contributed by atoms with Gasteiger partial charge in [0.15, 0.2) is 0 Å². The van der Waals surface area contributed by atoms with Crippen LogP contribution in [-0.2, 0) is 30.8 Å². The Kier molecular flexibility index (Phi) is 9.68. The highest BCUT2D eigenvalue weighted by Gasteiger charge is 2.28. The first kappa shape index (κ1) is 30.8. The highest BCUT2D eigenvalue weighted by atomic mass is 32.2. The number of benzene rings is 2. The molecule has 2 rings (SSSR count). The van der Waals surface area contributed by atoms with Gasteiger partial charge in [0.05, 0.1) is 12.0 Å². The molecule has 0 bridgehead atoms. The minimum Gasteiger partial charge on any atom is -0.444 e. The molecule has 1 atom stereocenters. The average Bonchev–Trinajstić information content (AvgIpc) is 2.79. The van der Waals surface area contributed by atoms with Crippen molar-refractivity contribution >= 4 is 27.9 Å². The number of rotatable bonds is 8. The summed E-state index contributed by atoms with van der Waals surface area (Å²) in [6, 6.07) is 7.43. The van der Waals surface area contributed by atoms with Gasteiger partial charge in [0.25, 0.3) is 15.9 Å². The number of carbonyl (C=O) groups excluding carboxylic acids is 2. The Morgan fingerprint density at radius 3 is 2.29 bits per heavy atom. The molecule has 0 radical (unpaired) electrons. The number of ether oxygens (including phenoxy) is 1. The molecule has 0 saturated heterocycles. The Balaban J connectivity index is 2.41. The summed E-state index contributed by atoms with van der Waals surface area (Å²) >= 11 is 0. The number of amidine groups is 1. The maximum absolute atomic E-state index is 13.2. The van der Waals surface area contributed by atoms with Gasteiger partial charge in [-0.15, -0.1) is 4.40 Å². The minimum atomic E-state index is -4.09. The molecule has 208 valence electrons. The van der Waals surface area contributed by atoms with E-state index in [0.29, 0.717) is 22.3 Å². The number of amides is 2. The Bertz CT molecular complexity index is 1350. The van der Waals surface area contributed by atoms with Gasteiger partial charge in [-0.1, -0.05) is 24.3 Å². The smallest absolute Gasteiger partial charge is 0.408 e. The van der Waals surface area contributed by atoms with E-state index in [1.165, 1.54) is 14.2 Å². The van der Waals surface area contributed by atoms with Crippen molar-refractivity contribution in [3.63, 3.8) is 0 Å². The van der Waals surface area contributed by atoms with E-state index < -0.39 is 33.7 Å². The molecule has 3 N–H and O–H groups in total. The SMILES string of the molecule is CON(C)C(=O)C(Cc1cccc(C(N)=NS(=O)(=O)c2c(C)cc(C)c(C)c2C)c1)NC(=O)OC(C)(C)C. The zero-order valence-corrected chi connectivity index (χ0v) is 24.3. The fourth-order valence-electron chi connectivity index (χ4n) is 3.94. The molecule has 1 unspecified atom stereocenters. The predicted octanol–water partition coefficient (Wildman–Crippen LogP) is 3.47. The Morgan fingerprint density at radius 1 is 1.08 bits per heavy atom. The lowest BCUT2D eigenvalue weighted by Crippen LogP contribution is -2.49. The number of nitrogens with two attached hydrogens (primary N) is 1. The van der Waals surface area contributed by atoms with Gasteiger partial charge in [-0.3, -0.25) is 9.63 Å². The molecule has 38 heavy (non-hydrogen) atoms. The second kappa shape index (κ2) is 12.0. The normalized spacial score (nSPS) is 13.1. The van der Waals surface area contributed by atoms with Crippen LogP contribution in [-0.4, -0.2) is 57.1 Å². The van der Waals surface area contributed by atoms with E-state index in [0.717, 1.165) is 16.2 Å². The number of nitrogens with zero attached hydrogens (tertiary/aromatic N) is 2. The van der Waals surface area contributed by atoms with Crippen molar-refractivity contribution in [1.82, 2.24) is 10.4 Å². The summed E-state index contributed by atoms with van der Waals surface area (Å²) < 4.78 is 35.7. The van der Waals surface area contributed by atoms with Crippen LogP contribution in [0, 0.1) is 27.7 Å². The highest BCUT2D eigenvalue weighted by molar-refractivity contribution is 7.90. The fraction of sp³-hybridized carbons (Fsp3) is 0.444. The van der Waals surface area contributed by atoms with E-state index in [4.69, 9.17) is 15.3 Å². The third-order valence-corrected chi connectivity index (χ3v) is 7.58. The summed E-state index contributed by atoms with van der Waals surface area (Å²) in [5, 5.41) is 3.58. The Morgan fingerprint density at radius 2 is 1.71 bits per heavy atom. The van der Waals surface area contributed by atoms with Crippen molar-refractivity contribution in [2.75, 3.05) is 14.2 Å². The number of likely N-dealkylation sites (N-methyl/N-ethyl adjacent to an activating group) is 1. The van der Waals surface area contributed by atoms with Crippen molar-refractivity contribution in [3.8, 4) is 0 Å². The molecular formula is C27H38N4O6S. The zero-order chi connectivity index (χ0) is 29.0. The highest BCUT2D eigenvalue weighted by Crippen LogP contribution is 2.27. The second-order valence-corrected chi connectivity index (χ2v) is 11.7. The van der Waals surface area contributed by atoms with E-state index >= 15 is 0 Å². The maximum Gasteiger partial charge on any atom is 0.408 e. The van der Waals surface area contributed by atoms with Gasteiger partial charge in [-0.05, 0) is 82.3 Å². The van der Waals surface area contributed by atoms with Gasteiger partial charge in [-0.25, -0.2) is 9.86 Å². The molecule has 0 aromatic heterocycles. The van der Waals surface area contributed by atoms with Crippen molar-refractivity contribution in [2.45, 2.75) is 71.4 Å². The van der Waals surface area contributed by atoms with E-state index in [1.807, 2.05) is 19.9 Å². The first-order chi connectivity index (χ1) is 17.5. The van der Waals surface area contributed by atoms with Gasteiger partial charge in [0.2, 0.25) is 0 Å². The lowest BCUT2D eigenvalue weighted by atomic mass is 10.0. The summed E-state index contributed by atoms with van der Waals surface area (Å²) in [6.45, 7) is 12.4. The number of alkyl carbamates (subject to hydrolysis) is 1. The van der Waals surface area contributed by atoms with Gasteiger partial charge >= 0.3 is 6.09 Å². The summed E-state index contributed by atoms with van der Waals surface area (Å²) in [6.07, 6.45) is -0.697. The van der Waals surface area contributed by atoms with Crippen LogP contribution < -0.4 is 11.1 Å². The predicted molar refractivity (Wildman–Crippen MR) is 146 cm³/mol. The largest absolute Gasteiger partial charge is 0.444 e. The first-order valence-electron chi connectivity index (χ1n) is 12.0. The molecule has 0 saturated carbocycles. The average molecular weight is 547 g/mol. The molecule has 2 amide bonds. The first-order valence-corrected chi connectivity index (χ1v) is 13.5. The summed E-state index contributed by atoms with van der Waals surface area (Å²) in [5.74, 6) is -0.700. The van der Waals surface area contributed by atoms with Crippen LogP contribution in [0.2, 0.25) is 0 Å². The molecule has 11 heteroatoms. The molecule has 2 aromatic carbocycles. The molecule has 0 heterocycles. The van der Waals surface area contributed by atoms with Crippen molar-refractivity contribution in [3.05, 3.63) is 63.7 Å². The van der Waals surface area contributed by atoms with E-state index in [1.54, 1.807) is 58.9 Å². The van der Waals surface area contributed by atoms with Gasteiger partial charge in [0.1, 0.15) is 17.5 Å². The maximum atomic E-state index is 13.2. The number of carbonyl (C=O) groups is 2. The van der Waals surface area contributed by atoms with Gasteiger partial charge < -0.3 is 15.8 Å². The fourth-order valence-corrected chi connectivity index (χ4v) is 5.40. The minimum absolute atomic E-state index is 0.0645. The van der Waals surface area contributed by atoms with Crippen molar-refractivity contribution < 1.29 is 27.6 Å². The van der Waals surface area contributed by atoms with Gasteiger partial charge in [0, 0.05) is 19.0 Å². The Hall–Kier alpha value is -3.44. The molecule has 0 aliphatic rings. The number of hydroxylamine groups is 2. The molecule has 0 fully saturated rings. The number of sulfonamides is 1. The van der Waals surface area contributed by atoms with E-state index in [2.05, 4.69) is 9.71 Å². The third kappa shape index (κ3) is 7.78. The van der Waals surface area contributed by atoms with Crippen LogP contribution in [0.4, 0.5) is 4.79 Å². The van der Waals surface area contributed by atoms with Crippen LogP contribution in [0.5, 0.6) is 0 Å². The molecule has 2 aromatic rings. The zero-order valence-electron chi connectivity index (χ0n) is 23.5. The number of hydrogen-bond donors (Lipinski definition) is 2. The van der Waals surface area contributed by atoms with Crippen molar-refractivity contribution in [1.29, 1.82) is 0 Å². The molecule has 0 aliphatic carbocycles. The van der Waals surface area contributed by atoms with Gasteiger partial charge in [-0.2, -0.15) is 8.42 Å². The summed E-state index contributed by atoms with van der Waals surface area (Å²) in [7, 11) is -1.34. The van der Waals surface area contributed by atoms with E-state index in [-0.39, 0.29) is 17.2 Å². The monoisotopic (exact) mass is 546 g/mol. The lowest BCUT2D eigenvalue weighted by molar-refractivity contribution is -0.171. The number of nitrogens with one attached hydrogen (secondary N) is 1. The quantitative estimate of drug-likeness (QED) is 0.293. The molecule has 0 aliphatic heterocycles. The molecule has 10 nitrogen and oxygen atoms in total. The van der Waals surface area contributed by atoms with Crippen LogP contribution in [0.15, 0.2) is 39.6 Å². The second-order valence-electron chi connectivity index (χ2n) is 10.2. The van der Waals surface area contributed by atoms with Crippen LogP contribution in [0.3, 0.4) is 0 Å². The summed E-state index contributed by atoms with van der Waals surface area (Å²) in [4.78, 5) is 30.4. The topological polar surface area (TPSA) is 140 Å². The molecule has 0 spiro atoms. The summed E-state index contributed by atoms with van der Waals surface area (Å²) in [5.41, 5.74) is 9.44. The number of aryl methyl sites for hydroxylation is 2. The van der Waals surface area contributed by atoms with Crippen LogP contribution >= 0.6 is 0 Å².